The average molecular weight is 226 g/mol. The highest BCUT2D eigenvalue weighted by atomic mass is 16.4. The maximum Gasteiger partial charge on any atom is 0.326 e. The van der Waals surface area contributed by atoms with Crippen molar-refractivity contribution in [3.8, 4) is 12.3 Å². The Bertz CT molecular complexity index is 296. The lowest BCUT2D eigenvalue weighted by Gasteiger charge is -2.23. The maximum atomic E-state index is 11.5. The molecular weight excluding hydrogens is 208 g/mol. The Morgan fingerprint density at radius 2 is 2.12 bits per heavy atom. The standard InChI is InChI=1S/C11H18N2O3/c1-5-7-13(4)11(16)12-9(10(14)15)8(3)6-2/h1,8-9H,6-7H2,2-4H3,(H,12,16)(H,14,15)/t8-,9-/m0/s1. The molecular formula is C11H18N2O3. The molecule has 0 aliphatic heterocycles. The Hall–Kier alpha value is -1.70. The quantitative estimate of drug-likeness (QED) is 0.680. The molecule has 5 nitrogen and oxygen atoms in total. The van der Waals surface area contributed by atoms with Gasteiger partial charge in [-0.25, -0.2) is 9.59 Å². The minimum Gasteiger partial charge on any atom is -0.480 e. The Morgan fingerprint density at radius 3 is 2.50 bits per heavy atom. The molecule has 0 bridgehead atoms. The van der Waals surface area contributed by atoms with Crippen molar-refractivity contribution in [2.45, 2.75) is 26.3 Å². The highest BCUT2D eigenvalue weighted by Gasteiger charge is 2.26. The first-order valence-corrected chi connectivity index (χ1v) is 5.11. The predicted molar refractivity (Wildman–Crippen MR) is 60.9 cm³/mol. The highest BCUT2D eigenvalue weighted by Crippen LogP contribution is 2.08. The molecule has 0 heterocycles. The third-order valence-corrected chi connectivity index (χ3v) is 2.43. The fraction of sp³-hybridized carbons (Fsp3) is 0.636. The summed E-state index contributed by atoms with van der Waals surface area (Å²) >= 11 is 0. The van der Waals surface area contributed by atoms with E-state index in [2.05, 4.69) is 11.2 Å². The summed E-state index contributed by atoms with van der Waals surface area (Å²) in [6.07, 6.45) is 5.73. The first-order chi connectivity index (χ1) is 7.43. The van der Waals surface area contributed by atoms with Crippen LogP contribution in [0.4, 0.5) is 4.79 Å². The van der Waals surface area contributed by atoms with Crippen molar-refractivity contribution in [2.24, 2.45) is 5.92 Å². The molecule has 0 saturated heterocycles. The number of nitrogens with zero attached hydrogens (tertiary/aromatic N) is 1. The van der Waals surface area contributed by atoms with Gasteiger partial charge in [0, 0.05) is 7.05 Å². The minimum atomic E-state index is -1.03. The summed E-state index contributed by atoms with van der Waals surface area (Å²) < 4.78 is 0. The number of nitrogens with one attached hydrogen (secondary N) is 1. The van der Waals surface area contributed by atoms with Crippen molar-refractivity contribution in [2.75, 3.05) is 13.6 Å². The van der Waals surface area contributed by atoms with Gasteiger partial charge in [0.05, 0.1) is 6.54 Å². The van der Waals surface area contributed by atoms with Gasteiger partial charge < -0.3 is 15.3 Å². The average Bonchev–Trinajstić information content (AvgIpc) is 2.24. The van der Waals surface area contributed by atoms with Gasteiger partial charge in [-0.3, -0.25) is 0 Å². The predicted octanol–water partition coefficient (Wildman–Crippen LogP) is 0.760. The maximum absolute atomic E-state index is 11.5. The van der Waals surface area contributed by atoms with Gasteiger partial charge in [0.25, 0.3) is 0 Å². The summed E-state index contributed by atoms with van der Waals surface area (Å²) in [5.41, 5.74) is 0. The molecule has 0 fully saturated rings. The fourth-order valence-electron chi connectivity index (χ4n) is 1.14. The van der Waals surface area contributed by atoms with Gasteiger partial charge in [-0.05, 0) is 5.92 Å². The molecule has 5 heteroatoms. The van der Waals surface area contributed by atoms with E-state index in [1.807, 2.05) is 6.92 Å². The smallest absolute Gasteiger partial charge is 0.326 e. The SMILES string of the molecule is C#CCN(C)C(=O)N[C@H](C(=O)O)[C@@H](C)CC. The van der Waals surface area contributed by atoms with Gasteiger partial charge in [-0.2, -0.15) is 0 Å². The molecule has 0 unspecified atom stereocenters. The normalized spacial score (nSPS) is 13.4. The van der Waals surface area contributed by atoms with E-state index >= 15 is 0 Å². The molecule has 2 amide bonds. The van der Waals surface area contributed by atoms with E-state index in [1.165, 1.54) is 11.9 Å². The van der Waals surface area contributed by atoms with Crippen LogP contribution < -0.4 is 5.32 Å². The molecule has 16 heavy (non-hydrogen) atoms. The van der Waals surface area contributed by atoms with Crippen LogP contribution >= 0.6 is 0 Å². The lowest BCUT2D eigenvalue weighted by molar-refractivity contribution is -0.140. The first-order valence-electron chi connectivity index (χ1n) is 5.11. The molecule has 0 aromatic carbocycles. The summed E-state index contributed by atoms with van der Waals surface area (Å²) in [4.78, 5) is 23.7. The van der Waals surface area contributed by atoms with Gasteiger partial charge in [0.1, 0.15) is 6.04 Å². The number of carbonyl (C=O) groups excluding carboxylic acids is 1. The zero-order valence-electron chi connectivity index (χ0n) is 9.86. The lowest BCUT2D eigenvalue weighted by atomic mass is 9.99. The zero-order valence-corrected chi connectivity index (χ0v) is 9.86. The third-order valence-electron chi connectivity index (χ3n) is 2.43. The molecule has 0 radical (unpaired) electrons. The van der Waals surface area contributed by atoms with E-state index in [4.69, 9.17) is 11.5 Å². The summed E-state index contributed by atoms with van der Waals surface area (Å²) in [5, 5.41) is 11.4. The molecule has 2 N–H and O–H groups in total. The summed E-state index contributed by atoms with van der Waals surface area (Å²) in [6.45, 7) is 3.80. The topological polar surface area (TPSA) is 69.6 Å². The number of urea groups is 1. The van der Waals surface area contributed by atoms with Crippen molar-refractivity contribution in [3.05, 3.63) is 0 Å². The van der Waals surface area contributed by atoms with Gasteiger partial charge in [-0.15, -0.1) is 6.42 Å². The Labute approximate surface area is 95.8 Å². The van der Waals surface area contributed by atoms with E-state index in [-0.39, 0.29) is 12.5 Å². The monoisotopic (exact) mass is 226 g/mol. The van der Waals surface area contributed by atoms with E-state index in [9.17, 15) is 9.59 Å². The molecule has 90 valence electrons. The second kappa shape index (κ2) is 6.72. The van der Waals surface area contributed by atoms with Crippen LogP contribution in [0.25, 0.3) is 0 Å². The molecule has 0 aromatic rings. The summed E-state index contributed by atoms with van der Waals surface area (Å²) in [6, 6.07) is -1.34. The molecule has 0 rings (SSSR count). The third kappa shape index (κ3) is 4.22. The molecule has 0 aliphatic carbocycles. The van der Waals surface area contributed by atoms with Gasteiger partial charge in [-0.1, -0.05) is 26.2 Å². The van der Waals surface area contributed by atoms with Crippen LogP contribution in [0.1, 0.15) is 20.3 Å². The van der Waals surface area contributed by atoms with Crippen molar-refractivity contribution in [3.63, 3.8) is 0 Å². The van der Waals surface area contributed by atoms with Gasteiger partial charge >= 0.3 is 12.0 Å². The number of rotatable bonds is 5. The van der Waals surface area contributed by atoms with Crippen molar-refractivity contribution in [1.29, 1.82) is 0 Å². The van der Waals surface area contributed by atoms with E-state index in [0.717, 1.165) is 0 Å². The zero-order chi connectivity index (χ0) is 12.7. The second-order valence-electron chi connectivity index (χ2n) is 3.71. The number of carboxylic acids is 1. The molecule has 2 atom stereocenters. The number of amides is 2. The fourth-order valence-corrected chi connectivity index (χ4v) is 1.14. The number of terminal acetylenes is 1. The Kier molecular flexibility index (Phi) is 6.01. The highest BCUT2D eigenvalue weighted by molar-refractivity contribution is 5.82. The number of carbonyl (C=O) groups is 2. The van der Waals surface area contributed by atoms with Gasteiger partial charge in [0.2, 0.25) is 0 Å². The van der Waals surface area contributed by atoms with Crippen molar-refractivity contribution < 1.29 is 14.7 Å². The lowest BCUT2D eigenvalue weighted by Crippen LogP contribution is -2.49. The first kappa shape index (κ1) is 14.3. The van der Waals surface area contributed by atoms with Crippen molar-refractivity contribution >= 4 is 12.0 Å². The van der Waals surface area contributed by atoms with Crippen LogP contribution in [0.3, 0.4) is 0 Å². The number of aliphatic carboxylic acids is 1. The Balaban J connectivity index is 4.47. The van der Waals surface area contributed by atoms with Gasteiger partial charge in [0.15, 0.2) is 0 Å². The number of hydrogen-bond donors (Lipinski definition) is 2. The van der Waals surface area contributed by atoms with Crippen LogP contribution in [-0.4, -0.2) is 41.6 Å². The van der Waals surface area contributed by atoms with E-state index in [0.29, 0.717) is 6.42 Å². The molecule has 0 aliphatic rings. The van der Waals surface area contributed by atoms with Crippen molar-refractivity contribution in [1.82, 2.24) is 10.2 Å². The second-order valence-corrected chi connectivity index (χ2v) is 3.71. The van der Waals surface area contributed by atoms with Crippen LogP contribution in [0.2, 0.25) is 0 Å². The van der Waals surface area contributed by atoms with E-state index in [1.54, 1.807) is 6.92 Å². The largest absolute Gasteiger partial charge is 0.480 e. The van der Waals surface area contributed by atoms with Crippen LogP contribution in [0.15, 0.2) is 0 Å². The number of carboxylic acid groups (broad SMARTS) is 1. The molecule has 0 aromatic heterocycles. The number of hydrogen-bond acceptors (Lipinski definition) is 2. The van der Waals surface area contributed by atoms with Crippen LogP contribution in [-0.2, 0) is 4.79 Å². The molecule has 0 spiro atoms. The molecule has 0 saturated carbocycles. The van der Waals surface area contributed by atoms with E-state index < -0.39 is 18.0 Å². The summed E-state index contributed by atoms with van der Waals surface area (Å²) in [7, 11) is 1.52. The van der Waals surface area contributed by atoms with Crippen LogP contribution in [0, 0.1) is 18.3 Å². The van der Waals surface area contributed by atoms with Crippen LogP contribution in [0.5, 0.6) is 0 Å². The summed E-state index contributed by atoms with van der Waals surface area (Å²) in [5.74, 6) is 1.16. The Morgan fingerprint density at radius 1 is 1.56 bits per heavy atom. The minimum absolute atomic E-state index is 0.124.